The first kappa shape index (κ1) is 22.3. The van der Waals surface area contributed by atoms with Crippen LogP contribution in [-0.4, -0.2) is 26.6 Å². The number of Topliss-reactive ketones (excluding diaryl/α,β-unsaturated/α-hetero) is 1. The van der Waals surface area contributed by atoms with Crippen LogP contribution in [0.15, 0.2) is 78.4 Å². The molecule has 1 aliphatic rings. The Kier molecular flexibility index (Phi) is 5.64. The zero-order chi connectivity index (χ0) is 24.6. The fraction of sp³-hybridized carbons (Fsp3) is 0.0833. The number of hydrogen-bond acceptors (Lipinski definition) is 7. The summed E-state index contributed by atoms with van der Waals surface area (Å²) in [6.45, 7) is 1.86. The monoisotopic (exact) mass is 459 g/mol. The molecule has 10 heteroatoms. The molecule has 1 aliphatic heterocycles. The zero-order valence-corrected chi connectivity index (χ0v) is 17.7. The van der Waals surface area contributed by atoms with Gasteiger partial charge in [0.1, 0.15) is 5.76 Å². The number of carbonyl (C=O) groups excluding carboxylic acids is 2. The zero-order valence-electron chi connectivity index (χ0n) is 17.7. The van der Waals surface area contributed by atoms with Gasteiger partial charge in [0.2, 0.25) is 0 Å². The highest BCUT2D eigenvalue weighted by molar-refractivity contribution is 6.51. The Balaban J connectivity index is 1.90. The van der Waals surface area contributed by atoms with E-state index in [-0.39, 0.29) is 22.5 Å². The minimum Gasteiger partial charge on any atom is -0.507 e. The third-order valence-corrected chi connectivity index (χ3v) is 5.53. The maximum atomic E-state index is 13.1. The highest BCUT2D eigenvalue weighted by Crippen LogP contribution is 2.42. The van der Waals surface area contributed by atoms with Crippen molar-refractivity contribution < 1.29 is 24.5 Å². The van der Waals surface area contributed by atoms with Crippen LogP contribution in [0.25, 0.3) is 5.76 Å². The van der Waals surface area contributed by atoms with Crippen LogP contribution in [0.2, 0.25) is 0 Å². The molecule has 34 heavy (non-hydrogen) atoms. The molecule has 1 heterocycles. The van der Waals surface area contributed by atoms with Gasteiger partial charge >= 0.3 is 0 Å². The number of rotatable bonds is 5. The lowest BCUT2D eigenvalue weighted by molar-refractivity contribution is -0.385. The first-order valence-electron chi connectivity index (χ1n) is 10.1. The molecular formula is C24H17N3O7. The molecule has 1 saturated heterocycles. The Morgan fingerprint density at radius 1 is 0.824 bits per heavy atom. The number of nitro groups is 2. The largest absolute Gasteiger partial charge is 0.507 e. The molecule has 0 radical (unpaired) electrons. The van der Waals surface area contributed by atoms with Crippen molar-refractivity contribution in [3.63, 3.8) is 0 Å². The third-order valence-electron chi connectivity index (χ3n) is 5.53. The molecule has 0 saturated carbocycles. The van der Waals surface area contributed by atoms with Gasteiger partial charge in [0, 0.05) is 35.5 Å². The van der Waals surface area contributed by atoms with Gasteiger partial charge in [-0.05, 0) is 48.9 Å². The van der Waals surface area contributed by atoms with Gasteiger partial charge in [-0.2, -0.15) is 0 Å². The number of hydrogen-bond donors (Lipinski definition) is 1. The molecule has 0 spiro atoms. The highest BCUT2D eigenvalue weighted by Gasteiger charge is 2.47. The van der Waals surface area contributed by atoms with Gasteiger partial charge < -0.3 is 5.11 Å². The van der Waals surface area contributed by atoms with E-state index in [4.69, 9.17) is 0 Å². The summed E-state index contributed by atoms with van der Waals surface area (Å²) in [5, 5.41) is 33.0. The molecule has 1 fully saturated rings. The quantitative estimate of drug-likeness (QED) is 0.195. The SMILES string of the molecule is Cc1ccc(N2C(=O)C(=O)/C(=C(\O)c3ccc([N+](=O)[O-])cc3)C2c2ccc([N+](=O)[O-])cc2)cc1. The number of benzene rings is 3. The second kappa shape index (κ2) is 8.58. The summed E-state index contributed by atoms with van der Waals surface area (Å²) in [7, 11) is 0. The summed E-state index contributed by atoms with van der Waals surface area (Å²) in [6.07, 6.45) is 0. The molecule has 0 aromatic heterocycles. The summed E-state index contributed by atoms with van der Waals surface area (Å²) >= 11 is 0. The van der Waals surface area contributed by atoms with Crippen LogP contribution in [0.4, 0.5) is 17.1 Å². The maximum absolute atomic E-state index is 13.1. The van der Waals surface area contributed by atoms with E-state index in [1.807, 2.05) is 6.92 Å². The molecule has 170 valence electrons. The number of aliphatic hydroxyl groups is 1. The highest BCUT2D eigenvalue weighted by atomic mass is 16.6. The van der Waals surface area contributed by atoms with E-state index in [9.17, 15) is 34.9 Å². The van der Waals surface area contributed by atoms with Gasteiger partial charge in [-0.3, -0.25) is 34.7 Å². The molecule has 3 aromatic carbocycles. The number of aryl methyl sites for hydroxylation is 1. The predicted octanol–water partition coefficient (Wildman–Crippen LogP) is 4.44. The van der Waals surface area contributed by atoms with Crippen LogP contribution in [0.5, 0.6) is 0 Å². The number of ketones is 1. The molecule has 0 bridgehead atoms. The summed E-state index contributed by atoms with van der Waals surface area (Å²) in [6, 6.07) is 16.0. The normalized spacial score (nSPS) is 17.1. The summed E-state index contributed by atoms with van der Waals surface area (Å²) in [5.41, 5.74) is 1.20. The first-order chi connectivity index (χ1) is 16.2. The van der Waals surface area contributed by atoms with Gasteiger partial charge in [-0.1, -0.05) is 17.7 Å². The van der Waals surface area contributed by atoms with Crippen molar-refractivity contribution in [3.8, 4) is 0 Å². The van der Waals surface area contributed by atoms with Crippen molar-refractivity contribution in [2.75, 3.05) is 4.90 Å². The minimum absolute atomic E-state index is 0.111. The Labute approximate surface area is 192 Å². The van der Waals surface area contributed by atoms with Gasteiger partial charge in [-0.25, -0.2) is 0 Å². The number of aliphatic hydroxyl groups excluding tert-OH is 1. The molecule has 0 aliphatic carbocycles. The van der Waals surface area contributed by atoms with Crippen LogP contribution in [0.1, 0.15) is 22.7 Å². The summed E-state index contributed by atoms with van der Waals surface area (Å²) < 4.78 is 0. The Morgan fingerprint density at radius 2 is 1.32 bits per heavy atom. The predicted molar refractivity (Wildman–Crippen MR) is 122 cm³/mol. The van der Waals surface area contributed by atoms with Crippen molar-refractivity contribution in [1.82, 2.24) is 0 Å². The fourth-order valence-electron chi connectivity index (χ4n) is 3.79. The number of non-ortho nitro benzene ring substituents is 2. The first-order valence-corrected chi connectivity index (χ1v) is 10.1. The van der Waals surface area contributed by atoms with E-state index in [1.54, 1.807) is 24.3 Å². The lowest BCUT2D eigenvalue weighted by Crippen LogP contribution is -2.29. The fourth-order valence-corrected chi connectivity index (χ4v) is 3.79. The molecule has 1 unspecified atom stereocenters. The molecule has 10 nitrogen and oxygen atoms in total. The van der Waals surface area contributed by atoms with Crippen molar-refractivity contribution >= 4 is 34.5 Å². The lowest BCUT2D eigenvalue weighted by Gasteiger charge is -2.25. The Morgan fingerprint density at radius 3 is 1.82 bits per heavy atom. The van der Waals surface area contributed by atoms with E-state index in [0.29, 0.717) is 11.3 Å². The van der Waals surface area contributed by atoms with E-state index in [0.717, 1.165) is 5.56 Å². The maximum Gasteiger partial charge on any atom is 0.300 e. The number of amides is 1. The molecule has 1 amide bonds. The molecule has 1 atom stereocenters. The van der Waals surface area contributed by atoms with E-state index in [2.05, 4.69) is 0 Å². The second-order valence-corrected chi connectivity index (χ2v) is 7.66. The van der Waals surface area contributed by atoms with Crippen LogP contribution < -0.4 is 4.90 Å². The lowest BCUT2D eigenvalue weighted by atomic mass is 9.95. The number of carbonyl (C=O) groups is 2. The van der Waals surface area contributed by atoms with Crippen LogP contribution >= 0.6 is 0 Å². The summed E-state index contributed by atoms with van der Waals surface area (Å²) in [4.78, 5) is 48.2. The summed E-state index contributed by atoms with van der Waals surface area (Å²) in [5.74, 6) is -2.33. The standard InChI is InChI=1S/C24H17N3O7/c1-14-2-8-17(9-3-14)25-21(15-4-10-18(11-5-15)26(31)32)20(23(29)24(25)30)22(28)16-6-12-19(13-7-16)27(33)34/h2-13,21,28H,1H3/b22-20-. The average molecular weight is 459 g/mol. The number of nitrogens with zero attached hydrogens (tertiary/aromatic N) is 3. The van der Waals surface area contributed by atoms with E-state index in [1.165, 1.54) is 53.4 Å². The van der Waals surface area contributed by atoms with Gasteiger partial charge in [0.05, 0.1) is 21.5 Å². The van der Waals surface area contributed by atoms with Gasteiger partial charge in [0.25, 0.3) is 23.1 Å². The van der Waals surface area contributed by atoms with Crippen molar-refractivity contribution in [1.29, 1.82) is 0 Å². The Hall–Kier alpha value is -4.86. The average Bonchev–Trinajstić information content (AvgIpc) is 3.09. The van der Waals surface area contributed by atoms with Crippen LogP contribution in [-0.2, 0) is 9.59 Å². The van der Waals surface area contributed by atoms with Gasteiger partial charge in [0.15, 0.2) is 0 Å². The molecule has 4 rings (SSSR count). The number of nitro benzene ring substituents is 2. The minimum atomic E-state index is -1.07. The second-order valence-electron chi connectivity index (χ2n) is 7.66. The van der Waals surface area contributed by atoms with Crippen molar-refractivity contribution in [3.05, 3.63) is 115 Å². The third kappa shape index (κ3) is 3.88. The van der Waals surface area contributed by atoms with Crippen LogP contribution in [0, 0.1) is 27.2 Å². The smallest absolute Gasteiger partial charge is 0.300 e. The van der Waals surface area contributed by atoms with Crippen molar-refractivity contribution in [2.24, 2.45) is 0 Å². The van der Waals surface area contributed by atoms with Gasteiger partial charge in [-0.15, -0.1) is 0 Å². The van der Waals surface area contributed by atoms with E-state index >= 15 is 0 Å². The molecular weight excluding hydrogens is 442 g/mol. The van der Waals surface area contributed by atoms with E-state index < -0.39 is 33.3 Å². The topological polar surface area (TPSA) is 144 Å². The van der Waals surface area contributed by atoms with Crippen molar-refractivity contribution in [2.45, 2.75) is 13.0 Å². The molecule has 3 aromatic rings. The number of anilines is 1. The van der Waals surface area contributed by atoms with Crippen LogP contribution in [0.3, 0.4) is 0 Å². The molecule has 1 N–H and O–H groups in total. The Bertz CT molecular complexity index is 1340.